The lowest BCUT2D eigenvalue weighted by molar-refractivity contribution is -0.140. The van der Waals surface area contributed by atoms with E-state index in [0.29, 0.717) is 19.0 Å². The normalized spacial score (nSPS) is 19.9. The molecule has 5 N–H and O–H groups in total. The zero-order valence-corrected chi connectivity index (χ0v) is 18.6. The first-order valence-electron chi connectivity index (χ1n) is 11.4. The zero-order valence-electron chi connectivity index (χ0n) is 18.6. The van der Waals surface area contributed by atoms with Crippen molar-refractivity contribution in [2.45, 2.75) is 70.4 Å². The van der Waals surface area contributed by atoms with E-state index in [-0.39, 0.29) is 37.2 Å². The van der Waals surface area contributed by atoms with Gasteiger partial charge in [0.05, 0.1) is 18.9 Å². The van der Waals surface area contributed by atoms with Crippen LogP contribution in [0.25, 0.3) is 0 Å². The number of carbonyl (C=O) groups is 3. The highest BCUT2D eigenvalue weighted by Gasteiger charge is 2.36. The molecule has 0 radical (unpaired) electrons. The minimum Gasteiger partial charge on any atom is -0.481 e. The zero-order chi connectivity index (χ0) is 22.6. The topological polar surface area (TPSA) is 140 Å². The molecule has 1 aliphatic carbocycles. The Morgan fingerprint density at radius 1 is 1.32 bits per heavy atom. The number of carboxylic acids is 1. The Kier molecular flexibility index (Phi) is 10.6. The number of carboxylic acid groups (broad SMARTS) is 1. The largest absolute Gasteiger partial charge is 0.481 e. The van der Waals surface area contributed by atoms with E-state index in [1.54, 1.807) is 11.2 Å². The van der Waals surface area contributed by atoms with E-state index >= 15 is 0 Å². The highest BCUT2D eigenvalue weighted by Crippen LogP contribution is 2.28. The maximum atomic E-state index is 13.1. The van der Waals surface area contributed by atoms with Crippen LogP contribution in [0.4, 0.5) is 0 Å². The molecule has 0 spiro atoms. The number of carbonyl (C=O) groups excluding carboxylic acids is 2. The van der Waals surface area contributed by atoms with Gasteiger partial charge in [0, 0.05) is 32.2 Å². The molecule has 31 heavy (non-hydrogen) atoms. The molecule has 0 bridgehead atoms. The number of piperidine rings is 1. The van der Waals surface area contributed by atoms with Crippen molar-refractivity contribution in [1.82, 2.24) is 20.4 Å². The molecule has 0 unspecified atom stereocenters. The Morgan fingerprint density at radius 3 is 2.74 bits per heavy atom. The molecule has 2 amide bonds. The van der Waals surface area contributed by atoms with Crippen molar-refractivity contribution in [1.29, 1.82) is 0 Å². The molecule has 10 nitrogen and oxygen atoms in total. The third kappa shape index (κ3) is 9.12. The maximum Gasteiger partial charge on any atom is 0.305 e. The monoisotopic (exact) mass is 438 g/mol. The summed E-state index contributed by atoms with van der Waals surface area (Å²) in [6.07, 6.45) is 7.32. The fourth-order valence-electron chi connectivity index (χ4n) is 3.95. The van der Waals surface area contributed by atoms with Gasteiger partial charge in [-0.15, -0.1) is 0 Å². The average molecular weight is 439 g/mol. The molecule has 2 rings (SSSR count). The van der Waals surface area contributed by atoms with Gasteiger partial charge < -0.3 is 31.4 Å². The summed E-state index contributed by atoms with van der Waals surface area (Å²) in [4.78, 5) is 40.5. The number of amides is 2. The lowest BCUT2D eigenvalue weighted by Crippen LogP contribution is -2.50. The first-order chi connectivity index (χ1) is 14.9. The van der Waals surface area contributed by atoms with Crippen molar-refractivity contribution in [3.63, 3.8) is 0 Å². The molecular weight excluding hydrogens is 400 g/mol. The van der Waals surface area contributed by atoms with E-state index in [1.165, 1.54) is 0 Å². The second kappa shape index (κ2) is 13.1. The standard InChI is InChI=1S/C21H38N6O4/c1-2-3-9-23-18(21(31)27(17-6-7-17)11-8-20(29)30)12-19(28)24-13-16-5-4-10-26(14-16)15-25-22/h15-18,23H,2-14,22H2,1H3,(H,24,28)(H,29,30)/t16-,18-/m0/s1. The first-order valence-corrected chi connectivity index (χ1v) is 11.4. The van der Waals surface area contributed by atoms with E-state index in [9.17, 15) is 14.4 Å². The van der Waals surface area contributed by atoms with Crippen LogP contribution in [0.3, 0.4) is 0 Å². The molecule has 1 heterocycles. The van der Waals surface area contributed by atoms with Crippen LogP contribution < -0.4 is 16.5 Å². The molecule has 1 saturated carbocycles. The maximum absolute atomic E-state index is 13.1. The summed E-state index contributed by atoms with van der Waals surface area (Å²) < 4.78 is 0. The van der Waals surface area contributed by atoms with Gasteiger partial charge in [0.15, 0.2) is 0 Å². The van der Waals surface area contributed by atoms with Crippen LogP contribution >= 0.6 is 0 Å². The minimum absolute atomic E-state index is 0.0551. The number of likely N-dealkylation sites (tertiary alicyclic amines) is 1. The second-order valence-corrected chi connectivity index (χ2v) is 8.54. The predicted octanol–water partition coefficient (Wildman–Crippen LogP) is 0.331. The molecule has 0 aromatic rings. The van der Waals surface area contributed by atoms with Crippen LogP contribution in [-0.2, 0) is 14.4 Å². The third-order valence-electron chi connectivity index (χ3n) is 5.81. The number of rotatable bonds is 14. The summed E-state index contributed by atoms with van der Waals surface area (Å²) in [5.74, 6) is 4.29. The van der Waals surface area contributed by atoms with Crippen molar-refractivity contribution in [2.75, 3.05) is 32.7 Å². The molecule has 1 aliphatic heterocycles. The number of hydrazone groups is 1. The van der Waals surface area contributed by atoms with Crippen molar-refractivity contribution < 1.29 is 19.5 Å². The Balaban J connectivity index is 1.89. The van der Waals surface area contributed by atoms with Gasteiger partial charge in [-0.2, -0.15) is 5.10 Å². The van der Waals surface area contributed by atoms with E-state index in [4.69, 9.17) is 10.9 Å². The average Bonchev–Trinajstić information content (AvgIpc) is 3.57. The molecule has 10 heteroatoms. The van der Waals surface area contributed by atoms with Crippen molar-refractivity contribution in [3.05, 3.63) is 0 Å². The summed E-state index contributed by atoms with van der Waals surface area (Å²) in [7, 11) is 0. The van der Waals surface area contributed by atoms with Crippen LogP contribution in [-0.4, -0.2) is 83.8 Å². The lowest BCUT2D eigenvalue weighted by atomic mass is 9.98. The van der Waals surface area contributed by atoms with Crippen molar-refractivity contribution in [3.8, 4) is 0 Å². The number of aliphatic carboxylic acids is 1. The molecule has 1 saturated heterocycles. The fraction of sp³-hybridized carbons (Fsp3) is 0.810. The summed E-state index contributed by atoms with van der Waals surface area (Å²) in [5, 5.41) is 18.8. The second-order valence-electron chi connectivity index (χ2n) is 8.54. The van der Waals surface area contributed by atoms with E-state index in [0.717, 1.165) is 51.6 Å². The molecule has 2 aliphatic rings. The number of nitrogens with zero attached hydrogens (tertiary/aromatic N) is 3. The predicted molar refractivity (Wildman–Crippen MR) is 118 cm³/mol. The molecule has 0 aromatic carbocycles. The van der Waals surface area contributed by atoms with Crippen LogP contribution in [0.5, 0.6) is 0 Å². The summed E-state index contributed by atoms with van der Waals surface area (Å²) in [5.41, 5.74) is 0. The number of unbranched alkanes of at least 4 members (excludes halogenated alkanes) is 1. The first kappa shape index (κ1) is 24.9. The Morgan fingerprint density at radius 2 is 2.10 bits per heavy atom. The minimum atomic E-state index is -0.923. The smallest absolute Gasteiger partial charge is 0.305 e. The highest BCUT2D eigenvalue weighted by atomic mass is 16.4. The molecule has 176 valence electrons. The lowest BCUT2D eigenvalue weighted by Gasteiger charge is -2.31. The third-order valence-corrected chi connectivity index (χ3v) is 5.81. The molecular formula is C21H38N6O4. The van der Waals surface area contributed by atoms with Crippen LogP contribution in [0.15, 0.2) is 5.10 Å². The van der Waals surface area contributed by atoms with E-state index in [1.807, 2.05) is 0 Å². The summed E-state index contributed by atoms with van der Waals surface area (Å²) in [6, 6.07) is -0.531. The molecule has 2 atom stereocenters. The highest BCUT2D eigenvalue weighted by molar-refractivity contribution is 5.89. The van der Waals surface area contributed by atoms with Gasteiger partial charge in [-0.05, 0) is 44.6 Å². The molecule has 2 fully saturated rings. The van der Waals surface area contributed by atoms with Crippen molar-refractivity contribution >= 4 is 24.1 Å². The SMILES string of the molecule is CCCCN[C@@H](CC(=O)NC[C@@H]1CCCN(C=NN)C1)C(=O)N(CCC(=O)O)C1CC1. The molecule has 0 aromatic heterocycles. The van der Waals surface area contributed by atoms with E-state index in [2.05, 4.69) is 27.6 Å². The number of hydrogen-bond donors (Lipinski definition) is 4. The number of nitrogens with two attached hydrogens (primary N) is 1. The summed E-state index contributed by atoms with van der Waals surface area (Å²) in [6.45, 7) is 5.16. The van der Waals surface area contributed by atoms with Crippen LogP contribution in [0.2, 0.25) is 0 Å². The van der Waals surface area contributed by atoms with E-state index < -0.39 is 12.0 Å². The van der Waals surface area contributed by atoms with Gasteiger partial charge in [0.1, 0.15) is 6.34 Å². The Labute approximate surface area is 184 Å². The summed E-state index contributed by atoms with van der Waals surface area (Å²) >= 11 is 0. The van der Waals surface area contributed by atoms with Gasteiger partial charge in [-0.3, -0.25) is 14.4 Å². The van der Waals surface area contributed by atoms with Gasteiger partial charge in [0.25, 0.3) is 0 Å². The van der Waals surface area contributed by atoms with Crippen LogP contribution in [0.1, 0.15) is 58.3 Å². The van der Waals surface area contributed by atoms with Gasteiger partial charge in [0.2, 0.25) is 11.8 Å². The van der Waals surface area contributed by atoms with Gasteiger partial charge in [-0.25, -0.2) is 0 Å². The number of nitrogens with one attached hydrogen (secondary N) is 2. The Bertz CT molecular complexity index is 625. The van der Waals surface area contributed by atoms with Crippen molar-refractivity contribution in [2.24, 2.45) is 16.9 Å². The fourth-order valence-corrected chi connectivity index (χ4v) is 3.95. The van der Waals surface area contributed by atoms with Gasteiger partial charge in [-0.1, -0.05) is 13.3 Å². The Hall–Kier alpha value is -2.36. The number of hydrogen-bond acceptors (Lipinski definition) is 6. The quantitative estimate of drug-likeness (QED) is 0.101. The van der Waals surface area contributed by atoms with Gasteiger partial charge >= 0.3 is 5.97 Å². The van der Waals surface area contributed by atoms with Crippen LogP contribution in [0, 0.1) is 5.92 Å².